The van der Waals surface area contributed by atoms with E-state index in [1.807, 2.05) is 30.3 Å². The van der Waals surface area contributed by atoms with Crippen molar-refractivity contribution in [2.75, 3.05) is 13.2 Å². The standard InChI is InChI=1S/C11H15NO4/c13-6-10(11(15)7-14)12-16-8-9-4-2-1-3-5-9/h1-5,11,13-15H,6-8H2/b12-10+/t11-/m0/s1. The quantitative estimate of drug-likeness (QED) is 0.466. The summed E-state index contributed by atoms with van der Waals surface area (Å²) in [7, 11) is 0. The van der Waals surface area contributed by atoms with Crippen LogP contribution in [0.4, 0.5) is 0 Å². The molecular weight excluding hydrogens is 210 g/mol. The van der Waals surface area contributed by atoms with E-state index in [1.54, 1.807) is 0 Å². The Bertz CT molecular complexity index is 326. The van der Waals surface area contributed by atoms with Crippen LogP contribution in [-0.4, -0.2) is 40.3 Å². The number of hydrogen-bond donors (Lipinski definition) is 3. The highest BCUT2D eigenvalue weighted by Crippen LogP contribution is 2.01. The first-order valence-corrected chi connectivity index (χ1v) is 4.90. The molecule has 0 unspecified atom stereocenters. The average Bonchev–Trinajstić information content (AvgIpc) is 2.35. The van der Waals surface area contributed by atoms with Crippen molar-refractivity contribution in [1.82, 2.24) is 0 Å². The van der Waals surface area contributed by atoms with Gasteiger partial charge in [-0.15, -0.1) is 0 Å². The highest BCUT2D eigenvalue weighted by Gasteiger charge is 2.10. The molecule has 5 nitrogen and oxygen atoms in total. The molecule has 0 aromatic heterocycles. The molecule has 0 amide bonds. The van der Waals surface area contributed by atoms with Crippen LogP contribution >= 0.6 is 0 Å². The molecular formula is C11H15NO4. The normalized spacial score (nSPS) is 13.6. The third kappa shape index (κ3) is 3.98. The lowest BCUT2D eigenvalue weighted by molar-refractivity contribution is 0.107. The Kier molecular flexibility index (Phi) is 5.49. The van der Waals surface area contributed by atoms with Crippen LogP contribution in [0, 0.1) is 0 Å². The lowest BCUT2D eigenvalue weighted by Crippen LogP contribution is -2.27. The van der Waals surface area contributed by atoms with Gasteiger partial charge in [0, 0.05) is 0 Å². The van der Waals surface area contributed by atoms with Crippen LogP contribution in [0.1, 0.15) is 5.56 Å². The van der Waals surface area contributed by atoms with E-state index in [2.05, 4.69) is 5.16 Å². The first kappa shape index (κ1) is 12.6. The molecule has 0 aliphatic heterocycles. The smallest absolute Gasteiger partial charge is 0.142 e. The zero-order chi connectivity index (χ0) is 11.8. The molecule has 5 heteroatoms. The summed E-state index contributed by atoms with van der Waals surface area (Å²) >= 11 is 0. The second kappa shape index (κ2) is 6.95. The molecule has 1 aromatic carbocycles. The summed E-state index contributed by atoms with van der Waals surface area (Å²) in [5, 5.41) is 30.3. The second-order valence-electron chi connectivity index (χ2n) is 3.20. The summed E-state index contributed by atoms with van der Waals surface area (Å²) in [4.78, 5) is 4.95. The molecule has 0 spiro atoms. The van der Waals surface area contributed by atoms with E-state index in [0.29, 0.717) is 0 Å². The minimum Gasteiger partial charge on any atom is -0.393 e. The van der Waals surface area contributed by atoms with Crippen molar-refractivity contribution in [2.45, 2.75) is 12.7 Å². The average molecular weight is 225 g/mol. The van der Waals surface area contributed by atoms with E-state index in [0.717, 1.165) is 5.56 Å². The van der Waals surface area contributed by atoms with E-state index >= 15 is 0 Å². The predicted molar refractivity (Wildman–Crippen MR) is 58.8 cm³/mol. The van der Waals surface area contributed by atoms with Gasteiger partial charge in [-0.3, -0.25) is 0 Å². The summed E-state index contributed by atoms with van der Waals surface area (Å²) < 4.78 is 0. The van der Waals surface area contributed by atoms with Crippen molar-refractivity contribution in [3.63, 3.8) is 0 Å². The molecule has 1 rings (SSSR count). The van der Waals surface area contributed by atoms with Crippen molar-refractivity contribution in [1.29, 1.82) is 0 Å². The Morgan fingerprint density at radius 2 is 1.94 bits per heavy atom. The molecule has 0 aliphatic rings. The van der Waals surface area contributed by atoms with Crippen molar-refractivity contribution in [3.05, 3.63) is 35.9 Å². The third-order valence-corrected chi connectivity index (χ3v) is 1.98. The van der Waals surface area contributed by atoms with Crippen LogP contribution in [0.2, 0.25) is 0 Å². The lowest BCUT2D eigenvalue weighted by Gasteiger charge is -2.08. The topological polar surface area (TPSA) is 82.3 Å². The van der Waals surface area contributed by atoms with E-state index < -0.39 is 19.3 Å². The van der Waals surface area contributed by atoms with Gasteiger partial charge in [-0.05, 0) is 5.56 Å². The molecule has 1 aromatic rings. The molecule has 0 aliphatic carbocycles. The van der Waals surface area contributed by atoms with Crippen LogP contribution in [0.5, 0.6) is 0 Å². The molecule has 0 saturated carbocycles. The molecule has 1 atom stereocenters. The summed E-state index contributed by atoms with van der Waals surface area (Å²) in [6.07, 6.45) is -1.18. The van der Waals surface area contributed by atoms with Gasteiger partial charge < -0.3 is 20.2 Å². The van der Waals surface area contributed by atoms with Gasteiger partial charge in [0.1, 0.15) is 18.4 Å². The minimum atomic E-state index is -1.18. The van der Waals surface area contributed by atoms with E-state index in [1.165, 1.54) is 0 Å². The molecule has 3 N–H and O–H groups in total. The lowest BCUT2D eigenvalue weighted by atomic mass is 10.2. The minimum absolute atomic E-state index is 0.0124. The van der Waals surface area contributed by atoms with Gasteiger partial charge in [-0.25, -0.2) is 0 Å². The number of rotatable bonds is 6. The van der Waals surface area contributed by atoms with Crippen molar-refractivity contribution in [2.24, 2.45) is 5.16 Å². The summed E-state index contributed by atoms with van der Waals surface area (Å²) in [5.74, 6) is 0. The number of benzene rings is 1. The fraction of sp³-hybridized carbons (Fsp3) is 0.364. The van der Waals surface area contributed by atoms with Gasteiger partial charge in [-0.2, -0.15) is 0 Å². The van der Waals surface area contributed by atoms with E-state index in [-0.39, 0.29) is 12.3 Å². The van der Waals surface area contributed by atoms with Gasteiger partial charge in [-0.1, -0.05) is 35.5 Å². The molecule has 88 valence electrons. The van der Waals surface area contributed by atoms with Crippen LogP contribution in [0.3, 0.4) is 0 Å². The number of oxime groups is 1. The second-order valence-corrected chi connectivity index (χ2v) is 3.20. The van der Waals surface area contributed by atoms with Gasteiger partial charge in [0.2, 0.25) is 0 Å². The third-order valence-electron chi connectivity index (χ3n) is 1.98. The number of hydrogen-bond acceptors (Lipinski definition) is 5. The van der Waals surface area contributed by atoms with Gasteiger partial charge >= 0.3 is 0 Å². The Morgan fingerprint density at radius 3 is 2.50 bits per heavy atom. The van der Waals surface area contributed by atoms with Gasteiger partial charge in [0.25, 0.3) is 0 Å². The Morgan fingerprint density at radius 1 is 1.25 bits per heavy atom. The zero-order valence-electron chi connectivity index (χ0n) is 8.78. The van der Waals surface area contributed by atoms with E-state index in [4.69, 9.17) is 15.1 Å². The summed E-state index contributed by atoms with van der Waals surface area (Å²) in [5.41, 5.74) is 0.945. The maximum atomic E-state index is 9.19. The van der Waals surface area contributed by atoms with Gasteiger partial charge in [0.15, 0.2) is 0 Å². The van der Waals surface area contributed by atoms with Crippen LogP contribution in [-0.2, 0) is 11.4 Å². The number of nitrogens with zero attached hydrogens (tertiary/aromatic N) is 1. The highest BCUT2D eigenvalue weighted by atomic mass is 16.6. The monoisotopic (exact) mass is 225 g/mol. The van der Waals surface area contributed by atoms with Crippen LogP contribution in [0.25, 0.3) is 0 Å². The molecule has 0 bridgehead atoms. The fourth-order valence-electron chi connectivity index (χ4n) is 1.06. The zero-order valence-corrected chi connectivity index (χ0v) is 8.78. The largest absolute Gasteiger partial charge is 0.393 e. The van der Waals surface area contributed by atoms with Crippen molar-refractivity contribution < 1.29 is 20.2 Å². The van der Waals surface area contributed by atoms with Crippen molar-refractivity contribution >= 4 is 5.71 Å². The summed E-state index contributed by atoms with van der Waals surface area (Å²) in [6.45, 7) is -0.687. The Labute approximate surface area is 93.6 Å². The first-order chi connectivity index (χ1) is 7.77. The first-order valence-electron chi connectivity index (χ1n) is 4.90. The fourth-order valence-corrected chi connectivity index (χ4v) is 1.06. The van der Waals surface area contributed by atoms with E-state index in [9.17, 15) is 5.11 Å². The number of aliphatic hydroxyl groups excluding tert-OH is 3. The SMILES string of the molecule is OC/C(=N\OCc1ccccc1)[C@@H](O)CO. The highest BCUT2D eigenvalue weighted by molar-refractivity contribution is 5.89. The van der Waals surface area contributed by atoms with Crippen molar-refractivity contribution in [3.8, 4) is 0 Å². The molecule has 0 saturated heterocycles. The Hall–Kier alpha value is -1.43. The predicted octanol–water partition coefficient (Wildman–Crippen LogP) is -0.0953. The Balaban J connectivity index is 2.46. The molecule has 16 heavy (non-hydrogen) atoms. The summed E-state index contributed by atoms with van der Waals surface area (Å²) in [6, 6.07) is 9.38. The maximum absolute atomic E-state index is 9.19. The molecule has 0 fully saturated rings. The molecule has 0 heterocycles. The maximum Gasteiger partial charge on any atom is 0.142 e. The number of aliphatic hydroxyl groups is 3. The van der Waals surface area contributed by atoms with Crippen LogP contribution in [0.15, 0.2) is 35.5 Å². The molecule has 0 radical (unpaired) electrons. The van der Waals surface area contributed by atoms with Gasteiger partial charge in [0.05, 0.1) is 13.2 Å². The van der Waals surface area contributed by atoms with Crippen LogP contribution < -0.4 is 0 Å².